The van der Waals surface area contributed by atoms with Crippen LogP contribution in [-0.4, -0.2) is 30.2 Å². The molecule has 6 nitrogen and oxygen atoms in total. The second-order valence-electron chi connectivity index (χ2n) is 5.71. The van der Waals surface area contributed by atoms with E-state index in [1.165, 1.54) is 25.1 Å². The molecule has 1 atom stereocenters. The first-order valence-corrected chi connectivity index (χ1v) is 8.30. The number of nitrogens with two attached hydrogens (primary N) is 1. The number of ketones is 1. The fraction of sp³-hybridized carbons (Fsp3) is 0.211. The topological polar surface area (TPSA) is 98.5 Å². The van der Waals surface area contributed by atoms with Crippen LogP contribution in [0.4, 0.5) is 0 Å². The predicted molar refractivity (Wildman–Crippen MR) is 98.2 cm³/mol. The summed E-state index contributed by atoms with van der Waals surface area (Å²) in [6.07, 6.45) is 0.384. The van der Waals surface area contributed by atoms with Crippen LogP contribution in [0.25, 0.3) is 0 Å². The van der Waals surface area contributed by atoms with Gasteiger partial charge in [-0.25, -0.2) is 0 Å². The molecule has 2 amide bonds. The van der Waals surface area contributed by atoms with Crippen LogP contribution < -0.4 is 15.8 Å². The van der Waals surface area contributed by atoms with Crippen molar-refractivity contribution in [1.29, 1.82) is 0 Å². The average Bonchev–Trinajstić information content (AvgIpc) is 2.60. The highest BCUT2D eigenvalue weighted by molar-refractivity contribution is 6.31. The maximum absolute atomic E-state index is 12.1. The van der Waals surface area contributed by atoms with Gasteiger partial charge in [0.15, 0.2) is 12.4 Å². The molecule has 0 unspecified atom stereocenters. The molecule has 2 aromatic rings. The Labute approximate surface area is 156 Å². The van der Waals surface area contributed by atoms with Gasteiger partial charge in [-0.3, -0.25) is 14.4 Å². The number of halogens is 1. The van der Waals surface area contributed by atoms with E-state index in [1.54, 1.807) is 0 Å². The zero-order chi connectivity index (χ0) is 19.1. The lowest BCUT2D eigenvalue weighted by Crippen LogP contribution is -2.43. The molecule has 26 heavy (non-hydrogen) atoms. The van der Waals surface area contributed by atoms with Crippen molar-refractivity contribution in [3.8, 4) is 5.75 Å². The van der Waals surface area contributed by atoms with Crippen molar-refractivity contribution in [3.05, 3.63) is 64.7 Å². The number of hydrogen-bond acceptors (Lipinski definition) is 4. The minimum Gasteiger partial charge on any atom is -0.483 e. The van der Waals surface area contributed by atoms with Crippen molar-refractivity contribution >= 4 is 29.2 Å². The van der Waals surface area contributed by atoms with Gasteiger partial charge in [0.2, 0.25) is 0 Å². The van der Waals surface area contributed by atoms with Crippen LogP contribution in [0, 0.1) is 0 Å². The lowest BCUT2D eigenvalue weighted by atomic mass is 10.0. The number of hydrogen-bond donors (Lipinski definition) is 2. The van der Waals surface area contributed by atoms with Gasteiger partial charge in [-0.2, -0.15) is 0 Å². The fourth-order valence-electron chi connectivity index (χ4n) is 2.35. The maximum Gasteiger partial charge on any atom is 0.258 e. The molecule has 0 radical (unpaired) electrons. The van der Waals surface area contributed by atoms with Gasteiger partial charge >= 0.3 is 0 Å². The molecule has 2 rings (SSSR count). The third-order valence-electron chi connectivity index (χ3n) is 3.67. The van der Waals surface area contributed by atoms with Crippen molar-refractivity contribution in [2.45, 2.75) is 19.4 Å². The highest BCUT2D eigenvalue weighted by Crippen LogP contribution is 2.22. The van der Waals surface area contributed by atoms with Gasteiger partial charge in [0.1, 0.15) is 5.75 Å². The summed E-state index contributed by atoms with van der Waals surface area (Å²) in [6.45, 7) is 1.06. The summed E-state index contributed by atoms with van der Waals surface area (Å²) >= 11 is 5.82. The normalized spacial score (nSPS) is 11.5. The molecule has 0 aliphatic heterocycles. The second kappa shape index (κ2) is 9.01. The van der Waals surface area contributed by atoms with Crippen molar-refractivity contribution in [1.82, 2.24) is 5.32 Å². The molecular weight excluding hydrogens is 356 g/mol. The molecule has 0 aliphatic carbocycles. The largest absolute Gasteiger partial charge is 0.483 e. The van der Waals surface area contributed by atoms with E-state index in [4.69, 9.17) is 22.1 Å². The summed E-state index contributed by atoms with van der Waals surface area (Å²) in [6, 6.07) is 13.1. The molecule has 0 bridgehead atoms. The number of amides is 2. The molecule has 0 heterocycles. The SMILES string of the molecule is CC(=O)[C@H](Cc1ccccc1)NC(=O)COc1ccc(Cl)cc1C(N)=O. The van der Waals surface area contributed by atoms with Gasteiger partial charge in [0, 0.05) is 5.02 Å². The van der Waals surface area contributed by atoms with Crippen LogP contribution in [0.3, 0.4) is 0 Å². The first-order chi connectivity index (χ1) is 12.4. The van der Waals surface area contributed by atoms with Crippen molar-refractivity contribution in [2.75, 3.05) is 6.61 Å². The first kappa shape index (κ1) is 19.5. The molecule has 0 aromatic heterocycles. The van der Waals surface area contributed by atoms with Crippen LogP contribution in [0.1, 0.15) is 22.8 Å². The average molecular weight is 375 g/mol. The summed E-state index contributed by atoms with van der Waals surface area (Å²) in [4.78, 5) is 35.4. The number of rotatable bonds is 8. The molecule has 3 N–H and O–H groups in total. The molecule has 0 saturated carbocycles. The van der Waals surface area contributed by atoms with Gasteiger partial charge in [0.25, 0.3) is 11.8 Å². The van der Waals surface area contributed by atoms with Crippen LogP contribution >= 0.6 is 11.6 Å². The summed E-state index contributed by atoms with van der Waals surface area (Å²) in [5.41, 5.74) is 6.29. The van der Waals surface area contributed by atoms with Crippen LogP contribution in [0.15, 0.2) is 48.5 Å². The number of ether oxygens (including phenoxy) is 1. The van der Waals surface area contributed by atoms with E-state index in [-0.39, 0.29) is 23.7 Å². The Hall–Kier alpha value is -2.86. The summed E-state index contributed by atoms with van der Waals surface area (Å²) in [5.74, 6) is -1.20. The highest BCUT2D eigenvalue weighted by atomic mass is 35.5. The molecule has 0 aliphatic rings. The third-order valence-corrected chi connectivity index (χ3v) is 3.91. The minimum absolute atomic E-state index is 0.0812. The Balaban J connectivity index is 1.99. The van der Waals surface area contributed by atoms with E-state index < -0.39 is 17.9 Å². The second-order valence-corrected chi connectivity index (χ2v) is 6.15. The summed E-state index contributed by atoms with van der Waals surface area (Å²) in [5, 5.41) is 2.97. The Morgan fingerprint density at radius 1 is 1.15 bits per heavy atom. The Morgan fingerprint density at radius 3 is 2.46 bits per heavy atom. The molecular formula is C19H19ClN2O4. The van der Waals surface area contributed by atoms with Crippen molar-refractivity contribution < 1.29 is 19.1 Å². The van der Waals surface area contributed by atoms with Crippen LogP contribution in [0.2, 0.25) is 5.02 Å². The van der Waals surface area contributed by atoms with E-state index in [0.717, 1.165) is 5.56 Å². The van der Waals surface area contributed by atoms with Gasteiger partial charge in [-0.05, 0) is 37.1 Å². The molecule has 2 aromatic carbocycles. The van der Waals surface area contributed by atoms with E-state index in [9.17, 15) is 14.4 Å². The number of benzene rings is 2. The Bertz CT molecular complexity index is 808. The van der Waals surface area contributed by atoms with E-state index in [0.29, 0.717) is 11.4 Å². The number of carbonyl (C=O) groups is 3. The fourth-order valence-corrected chi connectivity index (χ4v) is 2.52. The van der Waals surface area contributed by atoms with Gasteiger partial charge in [-0.15, -0.1) is 0 Å². The highest BCUT2D eigenvalue weighted by Gasteiger charge is 2.18. The smallest absolute Gasteiger partial charge is 0.258 e. The number of nitrogens with one attached hydrogen (secondary N) is 1. The molecule has 7 heteroatoms. The monoisotopic (exact) mass is 374 g/mol. The number of primary amides is 1. The van der Waals surface area contributed by atoms with Gasteiger partial charge < -0.3 is 15.8 Å². The molecule has 0 spiro atoms. The van der Waals surface area contributed by atoms with Crippen molar-refractivity contribution in [3.63, 3.8) is 0 Å². The van der Waals surface area contributed by atoms with E-state index in [1.807, 2.05) is 30.3 Å². The van der Waals surface area contributed by atoms with Crippen LogP contribution in [0.5, 0.6) is 5.75 Å². The minimum atomic E-state index is -0.714. The van der Waals surface area contributed by atoms with Crippen molar-refractivity contribution in [2.24, 2.45) is 5.73 Å². The molecule has 0 fully saturated rings. The third kappa shape index (κ3) is 5.60. The predicted octanol–water partition coefficient (Wildman–Crippen LogP) is 2.13. The molecule has 136 valence electrons. The van der Waals surface area contributed by atoms with Gasteiger partial charge in [-0.1, -0.05) is 41.9 Å². The standard InChI is InChI=1S/C19H19ClN2O4/c1-12(23)16(9-13-5-3-2-4-6-13)22-18(24)11-26-17-8-7-14(20)10-15(17)19(21)25/h2-8,10,16H,9,11H2,1H3,(H2,21,25)(H,22,24)/t16-/m0/s1. The zero-order valence-corrected chi connectivity index (χ0v) is 15.0. The number of Topliss-reactive ketones (excluding diaryl/α,β-unsaturated/α-hetero) is 1. The van der Waals surface area contributed by atoms with E-state index in [2.05, 4.69) is 5.32 Å². The van der Waals surface area contributed by atoms with Crippen LogP contribution in [-0.2, 0) is 16.0 Å². The Kier molecular flexibility index (Phi) is 6.74. The summed E-state index contributed by atoms with van der Waals surface area (Å²) < 4.78 is 5.36. The van der Waals surface area contributed by atoms with E-state index >= 15 is 0 Å². The number of carbonyl (C=O) groups excluding carboxylic acids is 3. The quantitative estimate of drug-likeness (QED) is 0.739. The lowest BCUT2D eigenvalue weighted by molar-refractivity contribution is -0.128. The molecule has 0 saturated heterocycles. The first-order valence-electron chi connectivity index (χ1n) is 7.92. The zero-order valence-electron chi connectivity index (χ0n) is 14.2. The summed E-state index contributed by atoms with van der Waals surface area (Å²) in [7, 11) is 0. The lowest BCUT2D eigenvalue weighted by Gasteiger charge is -2.17. The Morgan fingerprint density at radius 2 is 1.85 bits per heavy atom. The maximum atomic E-state index is 12.1. The van der Waals surface area contributed by atoms with Gasteiger partial charge in [0.05, 0.1) is 11.6 Å².